The van der Waals surface area contributed by atoms with Crippen LogP contribution in [0.4, 0.5) is 5.69 Å². The second kappa shape index (κ2) is 12.9. The van der Waals surface area contributed by atoms with Crippen LogP contribution in [0.3, 0.4) is 0 Å². The Hall–Kier alpha value is -3.95. The largest absolute Gasteiger partial charge is 0.385 e. The maximum absolute atomic E-state index is 13.4. The lowest BCUT2D eigenvalue weighted by Gasteiger charge is -2.33. The van der Waals surface area contributed by atoms with Crippen molar-refractivity contribution in [1.29, 1.82) is 0 Å². The van der Waals surface area contributed by atoms with Crippen LogP contribution in [-0.2, 0) is 22.5 Å². The first-order valence-corrected chi connectivity index (χ1v) is 14.3. The summed E-state index contributed by atoms with van der Waals surface area (Å²) in [5.74, 6) is 1.86. The highest BCUT2D eigenvalue weighted by Crippen LogP contribution is 2.31. The Morgan fingerprint density at radius 3 is 2.52 bits per heavy atom. The summed E-state index contributed by atoms with van der Waals surface area (Å²) in [4.78, 5) is 24.0. The number of rotatable bonds is 10. The Bertz CT molecular complexity index is 1470. The lowest BCUT2D eigenvalue weighted by atomic mass is 9.93. The molecular formula is C34H38N4O2. The van der Waals surface area contributed by atoms with Gasteiger partial charge in [-0.05, 0) is 60.4 Å². The standard InChI is InChI=1S/C34H38N4O2/c1-25(22-26-11-13-27(14-12-26)28-15-17-30(35-2)18-16-28)23-33(39)37-19-6-8-29(24-37)34-36-31-9-4-5-10-32(31)38(34)20-7-21-40-3/h4-5,9-18,25,29H,6-8,19-24H2,1,3H3/t25-,29-/m1/s1. The number of piperidine rings is 1. The Labute approximate surface area is 237 Å². The van der Waals surface area contributed by atoms with Gasteiger partial charge in [-0.25, -0.2) is 9.83 Å². The number of ether oxygens (including phenoxy) is 1. The average molecular weight is 535 g/mol. The number of carbonyl (C=O) groups excluding carboxylic acids is 1. The van der Waals surface area contributed by atoms with Crippen molar-refractivity contribution in [2.24, 2.45) is 5.92 Å². The molecule has 1 saturated heterocycles. The molecule has 1 fully saturated rings. The zero-order valence-electron chi connectivity index (χ0n) is 23.6. The van der Waals surface area contributed by atoms with E-state index in [0.717, 1.165) is 79.9 Å². The third-order valence-corrected chi connectivity index (χ3v) is 7.94. The molecule has 1 aromatic heterocycles. The molecule has 0 bridgehead atoms. The van der Waals surface area contributed by atoms with Crippen LogP contribution in [0.1, 0.15) is 49.9 Å². The number of hydrogen-bond donors (Lipinski definition) is 0. The van der Waals surface area contributed by atoms with Crippen molar-refractivity contribution in [3.05, 3.63) is 95.6 Å². The molecule has 6 heteroatoms. The number of carbonyl (C=O) groups is 1. The molecule has 0 spiro atoms. The fourth-order valence-electron chi connectivity index (χ4n) is 5.89. The summed E-state index contributed by atoms with van der Waals surface area (Å²) in [6.45, 7) is 12.4. The van der Waals surface area contributed by atoms with E-state index in [-0.39, 0.29) is 17.7 Å². The van der Waals surface area contributed by atoms with Crippen LogP contribution in [0.2, 0.25) is 0 Å². The number of nitrogens with zero attached hydrogens (tertiary/aromatic N) is 4. The maximum Gasteiger partial charge on any atom is 0.222 e. The van der Waals surface area contributed by atoms with Crippen molar-refractivity contribution in [1.82, 2.24) is 14.5 Å². The van der Waals surface area contributed by atoms with E-state index in [0.29, 0.717) is 12.1 Å². The molecule has 1 aliphatic rings. The molecular weight excluding hydrogens is 496 g/mol. The molecule has 0 aliphatic carbocycles. The molecule has 0 radical (unpaired) electrons. The fraction of sp³-hybridized carbons (Fsp3) is 0.382. The minimum Gasteiger partial charge on any atom is -0.385 e. The lowest BCUT2D eigenvalue weighted by Crippen LogP contribution is -2.40. The number of aryl methyl sites for hydroxylation is 1. The van der Waals surface area contributed by atoms with E-state index < -0.39 is 0 Å². The van der Waals surface area contributed by atoms with Crippen LogP contribution >= 0.6 is 0 Å². The molecule has 3 aromatic carbocycles. The molecule has 6 nitrogen and oxygen atoms in total. The molecule has 40 heavy (non-hydrogen) atoms. The minimum atomic E-state index is 0.246. The molecule has 2 atom stereocenters. The van der Waals surface area contributed by atoms with Gasteiger partial charge < -0.3 is 14.2 Å². The summed E-state index contributed by atoms with van der Waals surface area (Å²) < 4.78 is 7.65. The average Bonchev–Trinajstić information content (AvgIpc) is 3.36. The van der Waals surface area contributed by atoms with Crippen LogP contribution < -0.4 is 0 Å². The summed E-state index contributed by atoms with van der Waals surface area (Å²) in [7, 11) is 1.74. The molecule has 206 valence electrons. The SMILES string of the molecule is [C-]#[N+]c1ccc(-c2ccc(C[C@@H](C)CC(=O)N3CCC[C@@H](c4nc5ccccc5n4CCCOC)C3)cc2)cc1. The second-order valence-corrected chi connectivity index (χ2v) is 11.0. The van der Waals surface area contributed by atoms with Gasteiger partial charge in [0.05, 0.1) is 17.6 Å². The number of benzene rings is 3. The van der Waals surface area contributed by atoms with Crippen molar-refractivity contribution < 1.29 is 9.53 Å². The molecule has 2 heterocycles. The highest BCUT2D eigenvalue weighted by Gasteiger charge is 2.29. The number of amides is 1. The van der Waals surface area contributed by atoms with E-state index in [1.54, 1.807) is 7.11 Å². The summed E-state index contributed by atoms with van der Waals surface area (Å²) in [6, 6.07) is 24.6. The zero-order chi connectivity index (χ0) is 27.9. The highest BCUT2D eigenvalue weighted by molar-refractivity contribution is 5.77. The molecule has 0 N–H and O–H groups in total. The molecule has 1 aliphatic heterocycles. The number of likely N-dealkylation sites (tertiary alicyclic amines) is 1. The van der Waals surface area contributed by atoms with Gasteiger partial charge in [0.2, 0.25) is 5.91 Å². The lowest BCUT2D eigenvalue weighted by molar-refractivity contribution is -0.133. The van der Waals surface area contributed by atoms with Gasteiger partial charge in [-0.1, -0.05) is 67.6 Å². The van der Waals surface area contributed by atoms with Crippen molar-refractivity contribution in [2.75, 3.05) is 26.8 Å². The van der Waals surface area contributed by atoms with Crippen LogP contribution in [0.5, 0.6) is 0 Å². The molecule has 4 aromatic rings. The minimum absolute atomic E-state index is 0.246. The maximum atomic E-state index is 13.4. The monoisotopic (exact) mass is 534 g/mol. The van der Waals surface area contributed by atoms with Gasteiger partial charge in [-0.3, -0.25) is 4.79 Å². The van der Waals surface area contributed by atoms with Gasteiger partial charge in [0.1, 0.15) is 5.82 Å². The van der Waals surface area contributed by atoms with E-state index in [9.17, 15) is 4.79 Å². The smallest absolute Gasteiger partial charge is 0.222 e. The first kappa shape index (κ1) is 27.6. The normalized spacial score (nSPS) is 16.1. The summed E-state index contributed by atoms with van der Waals surface area (Å²) in [5, 5.41) is 0. The number of imidazole rings is 1. The number of hydrogen-bond acceptors (Lipinski definition) is 3. The van der Waals surface area contributed by atoms with Crippen molar-refractivity contribution in [3.8, 4) is 11.1 Å². The van der Waals surface area contributed by atoms with E-state index in [1.807, 2.05) is 30.3 Å². The summed E-state index contributed by atoms with van der Waals surface area (Å²) >= 11 is 0. The summed E-state index contributed by atoms with van der Waals surface area (Å²) in [5.41, 5.74) is 6.32. The quantitative estimate of drug-likeness (QED) is 0.159. The highest BCUT2D eigenvalue weighted by atomic mass is 16.5. The Morgan fingerprint density at radius 2 is 1.80 bits per heavy atom. The van der Waals surface area contributed by atoms with Gasteiger partial charge in [0.15, 0.2) is 5.69 Å². The predicted octanol–water partition coefficient (Wildman–Crippen LogP) is 7.27. The van der Waals surface area contributed by atoms with E-state index in [1.165, 1.54) is 5.56 Å². The number of para-hydroxylation sites is 2. The van der Waals surface area contributed by atoms with Gasteiger partial charge in [0, 0.05) is 45.7 Å². The number of methoxy groups -OCH3 is 1. The van der Waals surface area contributed by atoms with Crippen molar-refractivity contribution in [3.63, 3.8) is 0 Å². The molecule has 0 saturated carbocycles. The second-order valence-electron chi connectivity index (χ2n) is 11.0. The molecule has 1 amide bonds. The molecule has 5 rings (SSSR count). The van der Waals surface area contributed by atoms with Gasteiger partial charge in [-0.2, -0.15) is 0 Å². The number of aromatic nitrogens is 2. The fourth-order valence-corrected chi connectivity index (χ4v) is 5.89. The summed E-state index contributed by atoms with van der Waals surface area (Å²) in [6.07, 6.45) is 4.42. The predicted molar refractivity (Wildman–Crippen MR) is 160 cm³/mol. The van der Waals surface area contributed by atoms with E-state index in [2.05, 4.69) is 63.7 Å². The number of fused-ring (bicyclic) bond motifs is 1. The van der Waals surface area contributed by atoms with Gasteiger partial charge >= 0.3 is 0 Å². The van der Waals surface area contributed by atoms with Gasteiger partial charge in [0.25, 0.3) is 0 Å². The third-order valence-electron chi connectivity index (χ3n) is 7.94. The molecule has 0 unspecified atom stereocenters. The van der Waals surface area contributed by atoms with E-state index in [4.69, 9.17) is 16.3 Å². The third kappa shape index (κ3) is 6.43. The topological polar surface area (TPSA) is 51.7 Å². The van der Waals surface area contributed by atoms with Crippen LogP contribution in [0.15, 0.2) is 72.8 Å². The van der Waals surface area contributed by atoms with Crippen LogP contribution in [-0.4, -0.2) is 47.2 Å². The Balaban J connectivity index is 1.20. The van der Waals surface area contributed by atoms with Crippen molar-refractivity contribution >= 4 is 22.6 Å². The van der Waals surface area contributed by atoms with Crippen LogP contribution in [0.25, 0.3) is 27.0 Å². The Morgan fingerprint density at radius 1 is 1.07 bits per heavy atom. The van der Waals surface area contributed by atoms with Crippen LogP contribution in [0, 0.1) is 12.5 Å². The Kier molecular flexibility index (Phi) is 8.93. The zero-order valence-corrected chi connectivity index (χ0v) is 23.6. The van der Waals surface area contributed by atoms with Crippen molar-refractivity contribution in [2.45, 2.75) is 51.5 Å². The van der Waals surface area contributed by atoms with Gasteiger partial charge in [-0.15, -0.1) is 0 Å². The first-order chi connectivity index (χ1) is 19.6. The first-order valence-electron chi connectivity index (χ1n) is 14.3. The van der Waals surface area contributed by atoms with E-state index >= 15 is 0 Å².